The monoisotopic (exact) mass is 258 g/mol. The summed E-state index contributed by atoms with van der Waals surface area (Å²) in [7, 11) is 0.293. The van der Waals surface area contributed by atoms with E-state index in [1.165, 1.54) is 0 Å². The van der Waals surface area contributed by atoms with E-state index >= 15 is 0 Å². The van der Waals surface area contributed by atoms with Crippen LogP contribution in [0.5, 0.6) is 5.75 Å². The van der Waals surface area contributed by atoms with Gasteiger partial charge in [0.1, 0.15) is 5.75 Å². The summed E-state index contributed by atoms with van der Waals surface area (Å²) in [4.78, 5) is 11.0. The molecule has 2 nitrogen and oxygen atoms in total. The van der Waals surface area contributed by atoms with Crippen LogP contribution < -0.4 is 10.6 Å². The lowest BCUT2D eigenvalue weighted by Crippen LogP contribution is -2.09. The third-order valence-corrected chi connectivity index (χ3v) is 4.18. The molecular formula is C15H15O2P. The maximum atomic E-state index is 11.0. The minimum Gasteiger partial charge on any atom is -0.507 e. The zero-order valence-corrected chi connectivity index (χ0v) is 11.4. The van der Waals surface area contributed by atoms with E-state index < -0.39 is 0 Å². The third kappa shape index (κ3) is 2.60. The first-order valence-corrected chi connectivity index (χ1v) is 6.73. The summed E-state index contributed by atoms with van der Waals surface area (Å²) in [5.74, 6) is 0.333. The van der Waals surface area contributed by atoms with Crippen molar-refractivity contribution in [3.63, 3.8) is 0 Å². The Morgan fingerprint density at radius 1 is 1.11 bits per heavy atom. The molecule has 0 aliphatic carbocycles. The minimum absolute atomic E-state index is 0.293. The van der Waals surface area contributed by atoms with Gasteiger partial charge in [-0.25, -0.2) is 0 Å². The summed E-state index contributed by atoms with van der Waals surface area (Å²) in [5.41, 5.74) is 2.69. The van der Waals surface area contributed by atoms with Crippen LogP contribution in [-0.4, -0.2) is 11.4 Å². The Morgan fingerprint density at radius 3 is 2.56 bits per heavy atom. The molecule has 1 N–H and O–H groups in total. The van der Waals surface area contributed by atoms with Crippen LogP contribution in [0.25, 0.3) is 0 Å². The summed E-state index contributed by atoms with van der Waals surface area (Å²) in [6.07, 6.45) is 0.863. The average molecular weight is 258 g/mol. The predicted molar refractivity (Wildman–Crippen MR) is 77.0 cm³/mol. The molecule has 2 aromatic carbocycles. The van der Waals surface area contributed by atoms with Crippen LogP contribution in [0.3, 0.4) is 0 Å². The van der Waals surface area contributed by atoms with E-state index in [0.29, 0.717) is 19.9 Å². The van der Waals surface area contributed by atoms with Crippen molar-refractivity contribution >= 4 is 25.5 Å². The fourth-order valence-electron chi connectivity index (χ4n) is 1.91. The van der Waals surface area contributed by atoms with Crippen molar-refractivity contribution in [2.24, 2.45) is 0 Å². The highest BCUT2D eigenvalue weighted by Crippen LogP contribution is 2.24. The summed E-state index contributed by atoms with van der Waals surface area (Å²) in [6, 6.07) is 11.4. The molecule has 3 heteroatoms. The Kier molecular flexibility index (Phi) is 3.78. The number of benzene rings is 2. The van der Waals surface area contributed by atoms with Gasteiger partial charge in [-0.3, -0.25) is 4.79 Å². The maximum Gasteiger partial charge on any atom is 0.150 e. The van der Waals surface area contributed by atoms with E-state index in [4.69, 9.17) is 0 Å². The summed E-state index contributed by atoms with van der Waals surface area (Å²) < 4.78 is 0. The molecule has 2 aromatic rings. The number of hydrogen-bond donors (Lipinski definition) is 1. The number of phenols is 1. The quantitative estimate of drug-likeness (QED) is 0.678. The standard InChI is InChI=1S/C15H15O2P/c1-10-7-11(2)15(17)14(8-10)18-13-6-4-3-5-12(13)9-16/h3-9,17-18H,1-2H3. The van der Waals surface area contributed by atoms with Crippen LogP contribution in [0, 0.1) is 13.8 Å². The number of carbonyl (C=O) groups is 1. The summed E-state index contributed by atoms with van der Waals surface area (Å²) in [5, 5.41) is 11.9. The molecule has 0 aromatic heterocycles. The van der Waals surface area contributed by atoms with Crippen LogP contribution in [0.1, 0.15) is 21.5 Å². The van der Waals surface area contributed by atoms with Crippen molar-refractivity contribution in [1.82, 2.24) is 0 Å². The van der Waals surface area contributed by atoms with Gasteiger partial charge in [-0.2, -0.15) is 0 Å². The first-order valence-electron chi connectivity index (χ1n) is 5.73. The Hall–Kier alpha value is -1.66. The normalized spacial score (nSPS) is 11.0. The summed E-state index contributed by atoms with van der Waals surface area (Å²) >= 11 is 0. The van der Waals surface area contributed by atoms with Crippen molar-refractivity contribution in [2.75, 3.05) is 0 Å². The molecule has 0 bridgehead atoms. The second kappa shape index (κ2) is 5.32. The van der Waals surface area contributed by atoms with Crippen molar-refractivity contribution < 1.29 is 9.90 Å². The number of rotatable bonds is 3. The molecule has 0 aliphatic heterocycles. The van der Waals surface area contributed by atoms with Gasteiger partial charge in [0.25, 0.3) is 0 Å². The molecule has 0 saturated carbocycles. The van der Waals surface area contributed by atoms with Crippen LogP contribution in [0.2, 0.25) is 0 Å². The Balaban J connectivity index is 2.43. The molecule has 0 aliphatic rings. The highest BCUT2D eigenvalue weighted by atomic mass is 31.1. The minimum atomic E-state index is 0.293. The smallest absolute Gasteiger partial charge is 0.150 e. The molecular weight excluding hydrogens is 243 g/mol. The van der Waals surface area contributed by atoms with Gasteiger partial charge in [0.15, 0.2) is 6.29 Å². The molecule has 1 atom stereocenters. The lowest BCUT2D eigenvalue weighted by atomic mass is 10.1. The topological polar surface area (TPSA) is 37.3 Å². The molecule has 1 unspecified atom stereocenters. The second-order valence-electron chi connectivity index (χ2n) is 4.31. The van der Waals surface area contributed by atoms with Crippen LogP contribution in [0.15, 0.2) is 36.4 Å². The molecule has 2 rings (SSSR count). The highest BCUT2D eigenvalue weighted by Gasteiger charge is 2.08. The van der Waals surface area contributed by atoms with Gasteiger partial charge in [-0.15, -0.1) is 0 Å². The van der Waals surface area contributed by atoms with Crippen molar-refractivity contribution in [1.29, 1.82) is 0 Å². The number of aromatic hydroxyl groups is 1. The van der Waals surface area contributed by atoms with E-state index in [9.17, 15) is 9.90 Å². The predicted octanol–water partition coefficient (Wildman–Crippen LogP) is 2.45. The van der Waals surface area contributed by atoms with Crippen LogP contribution in [-0.2, 0) is 0 Å². The molecule has 0 radical (unpaired) electrons. The van der Waals surface area contributed by atoms with E-state index in [1.807, 2.05) is 44.2 Å². The van der Waals surface area contributed by atoms with Gasteiger partial charge in [-0.1, -0.05) is 38.9 Å². The van der Waals surface area contributed by atoms with Crippen LogP contribution in [0.4, 0.5) is 0 Å². The summed E-state index contributed by atoms with van der Waals surface area (Å²) in [6.45, 7) is 3.90. The Bertz CT molecular complexity index is 591. The van der Waals surface area contributed by atoms with Gasteiger partial charge in [0, 0.05) is 10.9 Å². The molecule has 18 heavy (non-hydrogen) atoms. The van der Waals surface area contributed by atoms with Gasteiger partial charge in [0.2, 0.25) is 0 Å². The first-order chi connectivity index (χ1) is 8.61. The van der Waals surface area contributed by atoms with Gasteiger partial charge in [0.05, 0.1) is 0 Å². The number of aldehydes is 1. The third-order valence-electron chi connectivity index (χ3n) is 2.80. The number of carbonyl (C=O) groups excluding carboxylic acids is 1. The van der Waals surface area contributed by atoms with E-state index in [2.05, 4.69) is 0 Å². The number of hydrogen-bond acceptors (Lipinski definition) is 2. The van der Waals surface area contributed by atoms with Crippen molar-refractivity contribution in [2.45, 2.75) is 13.8 Å². The second-order valence-corrected chi connectivity index (χ2v) is 5.64. The van der Waals surface area contributed by atoms with Gasteiger partial charge < -0.3 is 5.11 Å². The van der Waals surface area contributed by atoms with E-state index in [1.54, 1.807) is 6.07 Å². The SMILES string of the molecule is Cc1cc(C)c(O)c(Pc2ccccc2C=O)c1. The van der Waals surface area contributed by atoms with E-state index in [-0.39, 0.29) is 0 Å². The Labute approximate surface area is 108 Å². The molecule has 0 spiro atoms. The number of aryl methyl sites for hydroxylation is 2. The fraction of sp³-hybridized carbons (Fsp3) is 0.133. The van der Waals surface area contributed by atoms with Crippen molar-refractivity contribution in [3.8, 4) is 5.75 Å². The molecule has 0 heterocycles. The molecule has 0 amide bonds. The lowest BCUT2D eigenvalue weighted by Gasteiger charge is -2.10. The van der Waals surface area contributed by atoms with Crippen molar-refractivity contribution in [3.05, 3.63) is 53.1 Å². The first kappa shape index (κ1) is 12.8. The fourth-order valence-corrected chi connectivity index (χ4v) is 3.29. The zero-order valence-electron chi connectivity index (χ0n) is 10.4. The van der Waals surface area contributed by atoms with Crippen LogP contribution >= 0.6 is 8.58 Å². The van der Waals surface area contributed by atoms with Gasteiger partial charge >= 0.3 is 0 Å². The number of phenolic OH excluding ortho intramolecular Hbond substituents is 1. The largest absolute Gasteiger partial charge is 0.507 e. The average Bonchev–Trinajstić information content (AvgIpc) is 2.36. The molecule has 0 saturated heterocycles. The maximum absolute atomic E-state index is 11.0. The zero-order chi connectivity index (χ0) is 13.1. The molecule has 0 fully saturated rings. The highest BCUT2D eigenvalue weighted by molar-refractivity contribution is 7.56. The van der Waals surface area contributed by atoms with E-state index in [0.717, 1.165) is 28.0 Å². The molecule has 92 valence electrons. The van der Waals surface area contributed by atoms with Gasteiger partial charge in [-0.05, 0) is 36.3 Å². The lowest BCUT2D eigenvalue weighted by molar-refractivity contribution is 0.112. The Morgan fingerprint density at radius 2 is 1.83 bits per heavy atom.